The van der Waals surface area contributed by atoms with Crippen molar-refractivity contribution >= 4 is 40.6 Å². The lowest BCUT2D eigenvalue weighted by Gasteiger charge is -2.15. The molecule has 0 saturated carbocycles. The number of amides is 2. The molecule has 0 aromatic heterocycles. The molecule has 0 radical (unpaired) electrons. The molecule has 0 unspecified atom stereocenters. The first-order chi connectivity index (χ1) is 11.6. The quantitative estimate of drug-likeness (QED) is 0.824. The second kappa shape index (κ2) is 6.07. The number of benzene rings is 2. The number of hydrogen-bond acceptors (Lipinski definition) is 3. The van der Waals surface area contributed by atoms with Crippen molar-refractivity contribution in [3.05, 3.63) is 45.4 Å². The second-order valence-corrected chi connectivity index (χ2v) is 6.40. The fourth-order valence-corrected chi connectivity index (χ4v) is 3.49. The van der Waals surface area contributed by atoms with Crippen LogP contribution in [0.15, 0.2) is 24.3 Å². The van der Waals surface area contributed by atoms with E-state index in [1.807, 2.05) is 6.07 Å². The predicted octanol–water partition coefficient (Wildman–Crippen LogP) is 4.51. The largest absolute Gasteiger partial charge is 0.493 e. The van der Waals surface area contributed by atoms with Gasteiger partial charge in [-0.05, 0) is 18.2 Å². The summed E-state index contributed by atoms with van der Waals surface area (Å²) >= 11 is 12.2. The minimum absolute atomic E-state index is 0.375. The third-order valence-electron chi connectivity index (χ3n) is 4.09. The van der Waals surface area contributed by atoms with Crippen LogP contribution < -0.4 is 20.1 Å². The van der Waals surface area contributed by atoms with Crippen molar-refractivity contribution < 1.29 is 14.3 Å². The lowest BCUT2D eigenvalue weighted by atomic mass is 10.0. The van der Waals surface area contributed by atoms with E-state index >= 15 is 0 Å². The summed E-state index contributed by atoms with van der Waals surface area (Å²) in [5.74, 6) is 1.53. The molecule has 0 bridgehead atoms. The van der Waals surface area contributed by atoms with Crippen LogP contribution in [0.3, 0.4) is 0 Å². The van der Waals surface area contributed by atoms with Gasteiger partial charge in [-0.3, -0.25) is 0 Å². The molecule has 2 amide bonds. The van der Waals surface area contributed by atoms with E-state index in [4.69, 9.17) is 32.7 Å². The van der Waals surface area contributed by atoms with E-state index in [9.17, 15) is 4.79 Å². The number of ether oxygens (including phenoxy) is 2. The van der Waals surface area contributed by atoms with Gasteiger partial charge >= 0.3 is 6.03 Å². The van der Waals surface area contributed by atoms with Crippen molar-refractivity contribution in [2.75, 3.05) is 23.8 Å². The second-order valence-electron chi connectivity index (χ2n) is 5.59. The van der Waals surface area contributed by atoms with E-state index in [0.29, 0.717) is 34.6 Å². The Labute approximate surface area is 148 Å². The normalized spacial score (nSPS) is 14.4. The molecular weight excluding hydrogens is 351 g/mol. The number of fused-ring (bicyclic) bond motifs is 2. The number of rotatable bonds is 2. The molecule has 4 rings (SSSR count). The average molecular weight is 365 g/mol. The van der Waals surface area contributed by atoms with Gasteiger partial charge < -0.3 is 20.1 Å². The van der Waals surface area contributed by atoms with Crippen LogP contribution in [0.2, 0.25) is 10.0 Å². The Morgan fingerprint density at radius 1 is 1.00 bits per heavy atom. The van der Waals surface area contributed by atoms with Crippen LogP contribution in [0.5, 0.6) is 11.5 Å². The van der Waals surface area contributed by atoms with Gasteiger partial charge in [0.25, 0.3) is 0 Å². The molecule has 2 aliphatic heterocycles. The van der Waals surface area contributed by atoms with Crippen LogP contribution >= 0.6 is 23.2 Å². The summed E-state index contributed by atoms with van der Waals surface area (Å²) in [6.07, 6.45) is 1.53. The highest BCUT2D eigenvalue weighted by atomic mass is 35.5. The zero-order valence-electron chi connectivity index (χ0n) is 12.6. The Bertz CT molecular complexity index is 787. The van der Waals surface area contributed by atoms with Crippen LogP contribution in [0, 0.1) is 0 Å². The van der Waals surface area contributed by atoms with E-state index in [-0.39, 0.29) is 0 Å². The van der Waals surface area contributed by atoms with Crippen molar-refractivity contribution in [3.63, 3.8) is 0 Å². The Morgan fingerprint density at radius 3 is 2.50 bits per heavy atom. The lowest BCUT2D eigenvalue weighted by molar-refractivity contribution is 0.262. The first-order valence-electron chi connectivity index (χ1n) is 7.60. The summed E-state index contributed by atoms with van der Waals surface area (Å²) < 4.78 is 11.3. The molecule has 2 aliphatic rings. The summed E-state index contributed by atoms with van der Waals surface area (Å²) in [5, 5.41) is 6.32. The first kappa shape index (κ1) is 15.4. The third kappa shape index (κ3) is 2.64. The smallest absolute Gasteiger partial charge is 0.323 e. The SMILES string of the molecule is O=C(Nc1c(Cl)cccc1Cl)Nc1c2c(cc3c1OCC3)OCC2. The van der Waals surface area contributed by atoms with Crippen LogP contribution in [0.4, 0.5) is 16.2 Å². The number of carbonyl (C=O) groups is 1. The standard InChI is InChI=1S/C17H14Cl2N2O3/c18-11-2-1-3-12(19)15(11)21-17(22)20-14-10-5-7-23-13(10)8-9-4-6-24-16(9)14/h1-3,8H,4-7H2,(H2,20,21,22). The molecule has 0 aliphatic carbocycles. The Kier molecular flexibility index (Phi) is 3.90. The highest BCUT2D eigenvalue weighted by Crippen LogP contribution is 2.44. The predicted molar refractivity (Wildman–Crippen MR) is 93.9 cm³/mol. The molecule has 0 fully saturated rings. The zero-order chi connectivity index (χ0) is 16.7. The summed E-state index contributed by atoms with van der Waals surface area (Å²) in [6.45, 7) is 1.20. The van der Waals surface area contributed by atoms with Crippen molar-refractivity contribution in [1.29, 1.82) is 0 Å². The monoisotopic (exact) mass is 364 g/mol. The lowest BCUT2D eigenvalue weighted by Crippen LogP contribution is -2.21. The highest BCUT2D eigenvalue weighted by molar-refractivity contribution is 6.39. The molecule has 2 heterocycles. The van der Waals surface area contributed by atoms with Crippen LogP contribution in [0.1, 0.15) is 11.1 Å². The Balaban J connectivity index is 1.63. The average Bonchev–Trinajstić information content (AvgIpc) is 3.19. The number of urea groups is 1. The summed E-state index contributed by atoms with van der Waals surface area (Å²) in [7, 11) is 0. The summed E-state index contributed by atoms with van der Waals surface area (Å²) in [5.41, 5.74) is 3.04. The molecule has 24 heavy (non-hydrogen) atoms. The molecule has 0 saturated heterocycles. The summed E-state index contributed by atoms with van der Waals surface area (Å²) in [4.78, 5) is 12.5. The van der Waals surface area contributed by atoms with Gasteiger partial charge in [0.2, 0.25) is 0 Å². The first-order valence-corrected chi connectivity index (χ1v) is 8.35. The van der Waals surface area contributed by atoms with Crippen LogP contribution in [-0.4, -0.2) is 19.2 Å². The van der Waals surface area contributed by atoms with Gasteiger partial charge in [0.05, 0.1) is 34.6 Å². The van der Waals surface area contributed by atoms with Gasteiger partial charge in [0.1, 0.15) is 11.5 Å². The van der Waals surface area contributed by atoms with Gasteiger partial charge in [-0.2, -0.15) is 0 Å². The molecule has 0 atom stereocenters. The van der Waals surface area contributed by atoms with Gasteiger partial charge in [0.15, 0.2) is 0 Å². The van der Waals surface area contributed by atoms with E-state index < -0.39 is 6.03 Å². The van der Waals surface area contributed by atoms with E-state index in [1.54, 1.807) is 18.2 Å². The number of carbonyl (C=O) groups excluding carboxylic acids is 1. The Hall–Kier alpha value is -2.11. The van der Waals surface area contributed by atoms with Gasteiger partial charge in [-0.15, -0.1) is 0 Å². The number of nitrogens with one attached hydrogen (secondary N) is 2. The highest BCUT2D eigenvalue weighted by Gasteiger charge is 2.27. The van der Waals surface area contributed by atoms with Gasteiger partial charge in [0, 0.05) is 24.0 Å². The topological polar surface area (TPSA) is 59.6 Å². The summed E-state index contributed by atoms with van der Waals surface area (Å²) in [6, 6.07) is 6.62. The van der Waals surface area contributed by atoms with Crippen LogP contribution in [-0.2, 0) is 12.8 Å². The van der Waals surface area contributed by atoms with Crippen molar-refractivity contribution in [2.45, 2.75) is 12.8 Å². The van der Waals surface area contributed by atoms with Crippen molar-refractivity contribution in [2.24, 2.45) is 0 Å². The Morgan fingerprint density at radius 2 is 1.71 bits per heavy atom. The van der Waals surface area contributed by atoms with Gasteiger partial charge in [-0.1, -0.05) is 29.3 Å². The number of hydrogen-bond donors (Lipinski definition) is 2. The maximum absolute atomic E-state index is 12.5. The fraction of sp³-hybridized carbons (Fsp3) is 0.235. The molecule has 124 valence electrons. The van der Waals surface area contributed by atoms with Crippen LogP contribution in [0.25, 0.3) is 0 Å². The molecule has 2 aromatic carbocycles. The van der Waals surface area contributed by atoms with E-state index in [1.165, 1.54) is 0 Å². The van der Waals surface area contributed by atoms with E-state index in [2.05, 4.69) is 10.6 Å². The van der Waals surface area contributed by atoms with E-state index in [0.717, 1.165) is 35.5 Å². The number of para-hydroxylation sites is 1. The fourth-order valence-electron chi connectivity index (χ4n) is 2.99. The minimum atomic E-state index is -0.428. The molecule has 7 heteroatoms. The maximum atomic E-state index is 12.5. The zero-order valence-corrected chi connectivity index (χ0v) is 14.1. The maximum Gasteiger partial charge on any atom is 0.323 e. The minimum Gasteiger partial charge on any atom is -0.493 e. The molecule has 2 aromatic rings. The van der Waals surface area contributed by atoms with Gasteiger partial charge in [-0.25, -0.2) is 4.79 Å². The number of halogens is 2. The molecule has 5 nitrogen and oxygen atoms in total. The molecular formula is C17H14Cl2N2O3. The van der Waals surface area contributed by atoms with Crippen molar-refractivity contribution in [1.82, 2.24) is 0 Å². The number of anilines is 2. The third-order valence-corrected chi connectivity index (χ3v) is 4.72. The molecule has 2 N–H and O–H groups in total. The molecule has 0 spiro atoms. The van der Waals surface area contributed by atoms with Crippen molar-refractivity contribution in [3.8, 4) is 11.5 Å².